The van der Waals surface area contributed by atoms with Gasteiger partial charge in [-0.25, -0.2) is 9.97 Å². The minimum absolute atomic E-state index is 0.0682. The van der Waals surface area contributed by atoms with Crippen LogP contribution >= 0.6 is 0 Å². The average Bonchev–Trinajstić information content (AvgIpc) is 3.18. The van der Waals surface area contributed by atoms with Crippen LogP contribution in [-0.4, -0.2) is 54.5 Å². The van der Waals surface area contributed by atoms with Gasteiger partial charge in [0.15, 0.2) is 5.65 Å². The highest BCUT2D eigenvalue weighted by molar-refractivity contribution is 5.84. The van der Waals surface area contributed by atoms with Gasteiger partial charge in [-0.1, -0.05) is 0 Å². The van der Waals surface area contributed by atoms with Crippen molar-refractivity contribution in [1.82, 2.24) is 24.3 Å². The smallest absolute Gasteiger partial charge is 0.220 e. The molecule has 3 aromatic heterocycles. The van der Waals surface area contributed by atoms with Crippen LogP contribution in [0.2, 0.25) is 0 Å². The number of hydrogen-bond acceptors (Lipinski definition) is 5. The molecular formula is C24H25N5O3. The van der Waals surface area contributed by atoms with Gasteiger partial charge in [-0.2, -0.15) is 0 Å². The maximum Gasteiger partial charge on any atom is 0.220 e. The van der Waals surface area contributed by atoms with E-state index in [4.69, 9.17) is 9.72 Å². The van der Waals surface area contributed by atoms with Crippen molar-refractivity contribution in [2.45, 2.75) is 38.3 Å². The Morgan fingerprint density at radius 2 is 2.03 bits per heavy atom. The zero-order valence-corrected chi connectivity index (χ0v) is 17.9. The van der Waals surface area contributed by atoms with Gasteiger partial charge in [0.1, 0.15) is 11.6 Å². The van der Waals surface area contributed by atoms with Crippen LogP contribution in [0.1, 0.15) is 38.1 Å². The summed E-state index contributed by atoms with van der Waals surface area (Å²) in [5, 5.41) is 10.3. The third-order valence-electron chi connectivity index (χ3n) is 6.49. The predicted molar refractivity (Wildman–Crippen MR) is 119 cm³/mol. The van der Waals surface area contributed by atoms with E-state index in [-0.39, 0.29) is 11.9 Å². The van der Waals surface area contributed by atoms with Gasteiger partial charge in [0.25, 0.3) is 0 Å². The fraction of sp³-hybridized carbons (Fsp3) is 0.375. The molecule has 2 atom stereocenters. The van der Waals surface area contributed by atoms with Crippen LogP contribution in [0.25, 0.3) is 27.9 Å². The van der Waals surface area contributed by atoms with Gasteiger partial charge >= 0.3 is 0 Å². The molecule has 6 rings (SSSR count). The normalized spacial score (nSPS) is 21.0. The van der Waals surface area contributed by atoms with Crippen LogP contribution < -0.4 is 4.74 Å². The van der Waals surface area contributed by atoms with Crippen molar-refractivity contribution in [1.29, 1.82) is 0 Å². The molecule has 1 amide bonds. The molecular weight excluding hydrogens is 406 g/mol. The van der Waals surface area contributed by atoms with Gasteiger partial charge in [-0.05, 0) is 49.1 Å². The van der Waals surface area contributed by atoms with E-state index in [2.05, 4.69) is 14.4 Å². The Kier molecular flexibility index (Phi) is 4.43. The summed E-state index contributed by atoms with van der Waals surface area (Å²) in [7, 11) is 0. The topological polar surface area (TPSA) is 95.8 Å². The molecule has 0 bridgehead atoms. The summed E-state index contributed by atoms with van der Waals surface area (Å²) in [5.41, 5.74) is 4.26. The molecule has 1 aliphatic heterocycles. The largest absolute Gasteiger partial charge is 0.493 e. The van der Waals surface area contributed by atoms with Gasteiger partial charge in [-0.3, -0.25) is 9.20 Å². The first-order chi connectivity index (χ1) is 15.6. The molecule has 4 heterocycles. The van der Waals surface area contributed by atoms with E-state index in [1.165, 1.54) is 19.8 Å². The third kappa shape index (κ3) is 3.22. The Balaban J connectivity index is 1.47. The second-order valence-electron chi connectivity index (χ2n) is 8.86. The molecule has 0 radical (unpaired) electrons. The second-order valence-corrected chi connectivity index (χ2v) is 8.86. The Morgan fingerprint density at radius 3 is 2.78 bits per heavy atom. The number of amides is 1. The predicted octanol–water partition coefficient (Wildman–Crippen LogP) is 3.32. The zero-order chi connectivity index (χ0) is 21.8. The van der Waals surface area contributed by atoms with Gasteiger partial charge < -0.3 is 19.7 Å². The van der Waals surface area contributed by atoms with Crippen LogP contribution in [-0.2, 0) is 4.79 Å². The molecule has 2 N–H and O–H groups in total. The lowest BCUT2D eigenvalue weighted by Gasteiger charge is -2.22. The number of carbonyl (C=O) groups excluding carboxylic acids is 1. The Hall–Kier alpha value is -3.39. The Morgan fingerprint density at radius 1 is 1.22 bits per heavy atom. The summed E-state index contributed by atoms with van der Waals surface area (Å²) in [6.07, 6.45) is 6.07. The number of benzene rings is 1. The quantitative estimate of drug-likeness (QED) is 0.505. The fourth-order valence-corrected chi connectivity index (χ4v) is 4.64. The van der Waals surface area contributed by atoms with Crippen LogP contribution in [0.5, 0.6) is 5.75 Å². The zero-order valence-electron chi connectivity index (χ0n) is 17.9. The summed E-state index contributed by atoms with van der Waals surface area (Å²) in [5.74, 6) is 2.23. The lowest BCUT2D eigenvalue weighted by molar-refractivity contribution is -0.130. The summed E-state index contributed by atoms with van der Waals surface area (Å²) in [6.45, 7) is 2.63. The van der Waals surface area contributed by atoms with E-state index in [0.29, 0.717) is 18.9 Å². The van der Waals surface area contributed by atoms with Gasteiger partial charge in [0, 0.05) is 31.6 Å². The minimum Gasteiger partial charge on any atom is -0.493 e. The standard InChI is InChI=1S/C24H25N5O3/c1-14(30)28-12-17(31)10-20(28)24-27-22(21-11-26-23-19(29(21)24)8-9-25-23)16-4-6-18(7-5-16)32-13-15-2-3-15/h4-9,11,15,17,20,25,31H,2-3,10,12-13H2,1H3/t17-,20-/m1/s1. The number of likely N-dealkylation sites (tertiary alicyclic amines) is 1. The number of imidazole rings is 1. The maximum absolute atomic E-state index is 12.3. The van der Waals surface area contributed by atoms with E-state index in [9.17, 15) is 9.90 Å². The molecule has 1 aromatic carbocycles. The van der Waals surface area contributed by atoms with Crippen molar-refractivity contribution in [3.63, 3.8) is 0 Å². The molecule has 164 valence electrons. The summed E-state index contributed by atoms with van der Waals surface area (Å²) in [4.78, 5) is 26.7. The maximum atomic E-state index is 12.3. The minimum atomic E-state index is -0.564. The van der Waals surface area contributed by atoms with Crippen molar-refractivity contribution in [3.8, 4) is 17.0 Å². The van der Waals surface area contributed by atoms with E-state index >= 15 is 0 Å². The molecule has 0 spiro atoms. The molecule has 2 fully saturated rings. The number of H-pyrrole nitrogens is 1. The molecule has 1 saturated heterocycles. The number of rotatable bonds is 5. The highest BCUT2D eigenvalue weighted by Crippen LogP contribution is 2.37. The van der Waals surface area contributed by atoms with Gasteiger partial charge in [0.05, 0.1) is 41.7 Å². The first-order valence-electron chi connectivity index (χ1n) is 11.1. The van der Waals surface area contributed by atoms with Crippen molar-refractivity contribution in [3.05, 3.63) is 48.5 Å². The van der Waals surface area contributed by atoms with Crippen LogP contribution in [0, 0.1) is 5.92 Å². The number of nitrogens with one attached hydrogen (secondary N) is 1. The van der Waals surface area contributed by atoms with Crippen LogP contribution in [0.3, 0.4) is 0 Å². The molecule has 8 nitrogen and oxygen atoms in total. The number of aromatic nitrogens is 4. The molecule has 1 saturated carbocycles. The highest BCUT2D eigenvalue weighted by atomic mass is 16.5. The molecule has 1 aliphatic carbocycles. The molecule has 32 heavy (non-hydrogen) atoms. The number of ether oxygens (including phenoxy) is 1. The lowest BCUT2D eigenvalue weighted by atomic mass is 10.1. The highest BCUT2D eigenvalue weighted by Gasteiger charge is 2.37. The molecule has 0 unspecified atom stereocenters. The summed E-state index contributed by atoms with van der Waals surface area (Å²) < 4.78 is 7.94. The number of carbonyl (C=O) groups is 1. The van der Waals surface area contributed by atoms with Gasteiger partial charge in [0.2, 0.25) is 5.91 Å². The molecule has 4 aromatic rings. The molecule has 2 aliphatic rings. The van der Waals surface area contributed by atoms with Crippen molar-refractivity contribution in [2.24, 2.45) is 5.92 Å². The lowest BCUT2D eigenvalue weighted by Crippen LogP contribution is -2.30. The second kappa shape index (κ2) is 7.34. The number of aliphatic hydroxyl groups excluding tert-OH is 1. The first-order valence-corrected chi connectivity index (χ1v) is 11.1. The number of fused-ring (bicyclic) bond motifs is 3. The summed E-state index contributed by atoms with van der Waals surface area (Å²) in [6, 6.07) is 9.65. The average molecular weight is 431 g/mol. The van der Waals surface area contributed by atoms with E-state index in [1.54, 1.807) is 4.90 Å². The van der Waals surface area contributed by atoms with E-state index < -0.39 is 6.10 Å². The first kappa shape index (κ1) is 19.3. The third-order valence-corrected chi connectivity index (χ3v) is 6.49. The van der Waals surface area contributed by atoms with Gasteiger partial charge in [-0.15, -0.1) is 0 Å². The number of aliphatic hydroxyl groups is 1. The fourth-order valence-electron chi connectivity index (χ4n) is 4.64. The Bertz CT molecular complexity index is 1300. The van der Waals surface area contributed by atoms with E-state index in [0.717, 1.165) is 46.1 Å². The van der Waals surface area contributed by atoms with Crippen molar-refractivity contribution >= 4 is 22.6 Å². The number of nitrogens with zero attached hydrogens (tertiary/aromatic N) is 4. The van der Waals surface area contributed by atoms with Crippen molar-refractivity contribution in [2.75, 3.05) is 13.2 Å². The van der Waals surface area contributed by atoms with Crippen molar-refractivity contribution < 1.29 is 14.6 Å². The SMILES string of the molecule is CC(=O)N1C[C@H](O)C[C@@H]1c1nc(-c2ccc(OCC3CC3)cc2)c2cnc3[nH]ccc3n12. The number of β-amino-alcohol motifs (C(OH)–C–C–N with tert-alkyl or cyclic N) is 1. The number of aromatic amines is 1. The molecule has 8 heteroatoms. The van der Waals surface area contributed by atoms with E-state index in [1.807, 2.05) is 42.7 Å². The number of hydrogen-bond donors (Lipinski definition) is 2. The monoisotopic (exact) mass is 431 g/mol. The van der Waals surface area contributed by atoms with Crippen LogP contribution in [0.15, 0.2) is 42.7 Å². The summed E-state index contributed by atoms with van der Waals surface area (Å²) >= 11 is 0. The Labute approximate surface area is 184 Å². The van der Waals surface area contributed by atoms with Crippen LogP contribution in [0.4, 0.5) is 0 Å².